The topological polar surface area (TPSA) is 52.6 Å². The number of carbonyl (C=O) groups is 2. The van der Waals surface area contributed by atoms with Crippen LogP contribution >= 0.6 is 0 Å². The molecule has 0 amide bonds. The lowest BCUT2D eigenvalue weighted by molar-refractivity contribution is -0.137. The quantitative estimate of drug-likeness (QED) is 0.101. The van der Waals surface area contributed by atoms with Crippen molar-refractivity contribution in [3.63, 3.8) is 0 Å². The Kier molecular flexibility index (Phi) is 18.2. The molecular formula is C30H50O4. The van der Waals surface area contributed by atoms with Gasteiger partial charge < -0.3 is 9.47 Å². The molecule has 0 fully saturated rings. The van der Waals surface area contributed by atoms with Gasteiger partial charge in [0.1, 0.15) is 0 Å². The number of esters is 2. The molecular weight excluding hydrogens is 424 g/mol. The summed E-state index contributed by atoms with van der Waals surface area (Å²) >= 11 is 0. The Morgan fingerprint density at radius 2 is 1.00 bits per heavy atom. The summed E-state index contributed by atoms with van der Waals surface area (Å²) in [5.74, 6) is 0.257. The van der Waals surface area contributed by atoms with Gasteiger partial charge in [-0.2, -0.15) is 0 Å². The molecule has 0 aromatic heterocycles. The van der Waals surface area contributed by atoms with Crippen molar-refractivity contribution in [3.05, 3.63) is 23.8 Å². The molecule has 0 saturated heterocycles. The monoisotopic (exact) mass is 474 g/mol. The average Bonchev–Trinajstić information content (AvgIpc) is 2.82. The molecule has 4 nitrogen and oxygen atoms in total. The van der Waals surface area contributed by atoms with Gasteiger partial charge in [-0.05, 0) is 43.4 Å². The van der Waals surface area contributed by atoms with Crippen LogP contribution in [0.15, 0.2) is 18.2 Å². The molecule has 4 heteroatoms. The maximum Gasteiger partial charge on any atom is 0.311 e. The molecule has 0 aliphatic rings. The fourth-order valence-electron chi connectivity index (χ4n) is 4.07. The molecule has 0 spiro atoms. The molecule has 0 saturated carbocycles. The van der Waals surface area contributed by atoms with Crippen molar-refractivity contribution in [1.29, 1.82) is 0 Å². The third-order valence-electron chi connectivity index (χ3n) is 6.24. The molecule has 0 radical (unpaired) electrons. The lowest BCUT2D eigenvalue weighted by atomic mass is 10.0. The van der Waals surface area contributed by atoms with Crippen molar-refractivity contribution in [2.24, 2.45) is 0 Å². The number of benzene rings is 1. The molecule has 194 valence electrons. The van der Waals surface area contributed by atoms with Gasteiger partial charge in [0.2, 0.25) is 0 Å². The maximum absolute atomic E-state index is 12.5. The van der Waals surface area contributed by atoms with Crippen molar-refractivity contribution < 1.29 is 19.1 Å². The second-order valence-corrected chi connectivity index (χ2v) is 9.58. The third-order valence-corrected chi connectivity index (χ3v) is 6.24. The molecule has 0 bridgehead atoms. The average molecular weight is 475 g/mol. The van der Waals surface area contributed by atoms with E-state index in [9.17, 15) is 9.59 Å². The Hall–Kier alpha value is -1.84. The van der Waals surface area contributed by atoms with Crippen LogP contribution in [0.2, 0.25) is 0 Å². The summed E-state index contributed by atoms with van der Waals surface area (Å²) in [7, 11) is 0. The molecule has 0 atom stereocenters. The minimum Gasteiger partial charge on any atom is -0.423 e. The molecule has 34 heavy (non-hydrogen) atoms. The smallest absolute Gasteiger partial charge is 0.311 e. The Balaban J connectivity index is 2.66. The number of carbonyl (C=O) groups excluding carboxylic acids is 2. The highest BCUT2D eigenvalue weighted by Gasteiger charge is 2.15. The van der Waals surface area contributed by atoms with Crippen LogP contribution in [-0.4, -0.2) is 11.9 Å². The zero-order chi connectivity index (χ0) is 24.9. The molecule has 0 N–H and O–H groups in total. The van der Waals surface area contributed by atoms with E-state index in [1.54, 1.807) is 6.07 Å². The summed E-state index contributed by atoms with van der Waals surface area (Å²) in [4.78, 5) is 24.8. The van der Waals surface area contributed by atoms with Crippen LogP contribution in [0.1, 0.15) is 142 Å². The first kappa shape index (κ1) is 30.2. The molecule has 1 aromatic carbocycles. The largest absolute Gasteiger partial charge is 0.423 e. The molecule has 0 aliphatic heterocycles. The van der Waals surface area contributed by atoms with Gasteiger partial charge >= 0.3 is 11.9 Å². The first-order valence-corrected chi connectivity index (χ1v) is 14.1. The minimum absolute atomic E-state index is 0.245. The first-order chi connectivity index (χ1) is 16.6. The SMILES string of the molecule is CCCCCCCCc1ccc(OC(=O)CCCCCCC)c(OC(=O)CCCCCCC)c1. The van der Waals surface area contributed by atoms with E-state index in [1.807, 2.05) is 12.1 Å². The Morgan fingerprint density at radius 3 is 1.53 bits per heavy atom. The second-order valence-electron chi connectivity index (χ2n) is 9.58. The van der Waals surface area contributed by atoms with Crippen LogP contribution in [0.3, 0.4) is 0 Å². The van der Waals surface area contributed by atoms with Crippen molar-refractivity contribution in [1.82, 2.24) is 0 Å². The van der Waals surface area contributed by atoms with Gasteiger partial charge in [-0.3, -0.25) is 9.59 Å². The van der Waals surface area contributed by atoms with Crippen LogP contribution in [0.25, 0.3) is 0 Å². The Morgan fingerprint density at radius 1 is 0.559 bits per heavy atom. The highest BCUT2D eigenvalue weighted by Crippen LogP contribution is 2.30. The van der Waals surface area contributed by atoms with E-state index in [0.29, 0.717) is 24.3 Å². The highest BCUT2D eigenvalue weighted by molar-refractivity contribution is 5.76. The summed E-state index contributed by atoms with van der Waals surface area (Å²) in [5.41, 5.74) is 1.13. The highest BCUT2D eigenvalue weighted by atomic mass is 16.6. The van der Waals surface area contributed by atoms with Crippen LogP contribution in [0.5, 0.6) is 11.5 Å². The zero-order valence-electron chi connectivity index (χ0n) is 22.3. The molecule has 1 aromatic rings. The fraction of sp³-hybridized carbons (Fsp3) is 0.733. The number of aryl methyl sites for hydroxylation is 1. The fourth-order valence-corrected chi connectivity index (χ4v) is 4.07. The summed E-state index contributed by atoms with van der Waals surface area (Å²) in [6, 6.07) is 5.69. The lowest BCUT2D eigenvalue weighted by Crippen LogP contribution is -2.12. The van der Waals surface area contributed by atoms with Crippen molar-refractivity contribution in [2.45, 2.75) is 143 Å². The lowest BCUT2D eigenvalue weighted by Gasteiger charge is -2.13. The van der Waals surface area contributed by atoms with Crippen LogP contribution in [0.4, 0.5) is 0 Å². The van der Waals surface area contributed by atoms with E-state index in [-0.39, 0.29) is 11.9 Å². The van der Waals surface area contributed by atoms with Gasteiger partial charge in [-0.15, -0.1) is 0 Å². The summed E-state index contributed by atoms with van der Waals surface area (Å²) in [6.45, 7) is 6.59. The molecule has 1 rings (SSSR count). The van der Waals surface area contributed by atoms with E-state index in [2.05, 4.69) is 20.8 Å². The predicted octanol–water partition coefficient (Wildman–Crippen LogP) is 9.12. The van der Waals surface area contributed by atoms with E-state index >= 15 is 0 Å². The van der Waals surface area contributed by atoms with Gasteiger partial charge in [0.25, 0.3) is 0 Å². The van der Waals surface area contributed by atoms with Crippen LogP contribution < -0.4 is 9.47 Å². The maximum atomic E-state index is 12.5. The van der Waals surface area contributed by atoms with Gasteiger partial charge in [-0.25, -0.2) is 0 Å². The molecule has 0 heterocycles. The van der Waals surface area contributed by atoms with E-state index < -0.39 is 0 Å². The third kappa shape index (κ3) is 15.1. The number of hydrogen-bond donors (Lipinski definition) is 0. The van der Waals surface area contributed by atoms with Gasteiger partial charge in [0, 0.05) is 12.8 Å². The predicted molar refractivity (Wildman–Crippen MR) is 142 cm³/mol. The Bertz CT molecular complexity index is 668. The summed E-state index contributed by atoms with van der Waals surface area (Å²) in [5, 5.41) is 0. The number of rotatable bonds is 21. The summed E-state index contributed by atoms with van der Waals surface area (Å²) in [6.07, 6.45) is 20.0. The zero-order valence-corrected chi connectivity index (χ0v) is 22.3. The summed E-state index contributed by atoms with van der Waals surface area (Å²) < 4.78 is 11.3. The number of unbranched alkanes of at least 4 members (excludes halogenated alkanes) is 13. The Labute approximate surface area is 209 Å². The van der Waals surface area contributed by atoms with E-state index in [0.717, 1.165) is 56.9 Å². The first-order valence-electron chi connectivity index (χ1n) is 14.1. The van der Waals surface area contributed by atoms with Crippen molar-refractivity contribution >= 4 is 11.9 Å². The minimum atomic E-state index is -0.253. The van der Waals surface area contributed by atoms with Crippen molar-refractivity contribution in [3.8, 4) is 11.5 Å². The van der Waals surface area contributed by atoms with Gasteiger partial charge in [0.15, 0.2) is 11.5 Å². The standard InChI is InChI=1S/C30H50O4/c1-4-7-10-13-16-17-20-26-23-24-27(33-29(31)21-18-14-11-8-5-2)28(25-26)34-30(32)22-19-15-12-9-6-3/h23-25H,4-22H2,1-3H3. The van der Waals surface area contributed by atoms with Crippen LogP contribution in [0, 0.1) is 0 Å². The van der Waals surface area contributed by atoms with Gasteiger partial charge in [-0.1, -0.05) is 110 Å². The second kappa shape index (κ2) is 20.5. The van der Waals surface area contributed by atoms with Crippen molar-refractivity contribution in [2.75, 3.05) is 0 Å². The van der Waals surface area contributed by atoms with Crippen LogP contribution in [-0.2, 0) is 16.0 Å². The normalized spacial score (nSPS) is 10.9. The number of hydrogen-bond acceptors (Lipinski definition) is 4. The molecule has 0 aliphatic carbocycles. The van der Waals surface area contributed by atoms with E-state index in [4.69, 9.17) is 9.47 Å². The van der Waals surface area contributed by atoms with Gasteiger partial charge in [0.05, 0.1) is 0 Å². The number of ether oxygens (including phenoxy) is 2. The molecule has 0 unspecified atom stereocenters. The van der Waals surface area contributed by atoms with E-state index in [1.165, 1.54) is 57.8 Å².